The van der Waals surface area contributed by atoms with Crippen molar-refractivity contribution in [2.24, 2.45) is 0 Å². The predicted molar refractivity (Wildman–Crippen MR) is 50.0 cm³/mol. The fourth-order valence-electron chi connectivity index (χ4n) is 1.05. The SMILES string of the molecule is CCC(NC(=O)c1ccc[nH]1)C(=O)O. The number of amides is 1. The number of carbonyl (C=O) groups is 2. The number of H-pyrrole nitrogens is 1. The molecule has 1 unspecified atom stereocenters. The summed E-state index contributed by atoms with van der Waals surface area (Å²) in [6.07, 6.45) is 1.97. The normalized spacial score (nSPS) is 12.1. The molecule has 0 aliphatic carbocycles. The number of hydrogen-bond donors (Lipinski definition) is 3. The molecule has 0 fully saturated rings. The highest BCUT2D eigenvalue weighted by Gasteiger charge is 2.18. The first-order valence-corrected chi connectivity index (χ1v) is 4.32. The molecule has 1 atom stereocenters. The Morgan fingerprint density at radius 1 is 1.64 bits per heavy atom. The molecule has 0 radical (unpaired) electrons. The van der Waals surface area contributed by atoms with Crippen LogP contribution in [0.1, 0.15) is 23.8 Å². The molecule has 0 saturated heterocycles. The molecule has 5 heteroatoms. The van der Waals surface area contributed by atoms with Gasteiger partial charge in [-0.3, -0.25) is 4.79 Å². The molecule has 0 bridgehead atoms. The number of carbonyl (C=O) groups excluding carboxylic acids is 1. The van der Waals surface area contributed by atoms with E-state index in [1.54, 1.807) is 25.3 Å². The number of aliphatic carboxylic acids is 1. The molecule has 3 N–H and O–H groups in total. The first-order valence-electron chi connectivity index (χ1n) is 4.32. The molecule has 1 aromatic rings. The van der Waals surface area contributed by atoms with Gasteiger partial charge in [0.25, 0.3) is 5.91 Å². The summed E-state index contributed by atoms with van der Waals surface area (Å²) in [5, 5.41) is 11.1. The number of nitrogens with one attached hydrogen (secondary N) is 2. The summed E-state index contributed by atoms with van der Waals surface area (Å²) in [7, 11) is 0. The van der Waals surface area contributed by atoms with Crippen LogP contribution in [-0.4, -0.2) is 28.0 Å². The van der Waals surface area contributed by atoms with E-state index < -0.39 is 17.9 Å². The lowest BCUT2D eigenvalue weighted by molar-refractivity contribution is -0.139. The van der Waals surface area contributed by atoms with E-state index in [1.807, 2.05) is 0 Å². The van der Waals surface area contributed by atoms with E-state index in [0.717, 1.165) is 0 Å². The minimum Gasteiger partial charge on any atom is -0.480 e. The van der Waals surface area contributed by atoms with Crippen LogP contribution in [0, 0.1) is 0 Å². The summed E-state index contributed by atoms with van der Waals surface area (Å²) in [6, 6.07) is 2.44. The van der Waals surface area contributed by atoms with Crippen LogP contribution in [0.4, 0.5) is 0 Å². The molecule has 1 heterocycles. The Balaban J connectivity index is 2.60. The van der Waals surface area contributed by atoms with Gasteiger partial charge in [-0.05, 0) is 18.6 Å². The number of carboxylic acid groups (broad SMARTS) is 1. The molecule has 0 saturated carbocycles. The van der Waals surface area contributed by atoms with E-state index in [9.17, 15) is 9.59 Å². The van der Waals surface area contributed by atoms with Crippen LogP contribution in [0.25, 0.3) is 0 Å². The van der Waals surface area contributed by atoms with Crippen molar-refractivity contribution in [1.82, 2.24) is 10.3 Å². The molecule has 0 spiro atoms. The summed E-state index contributed by atoms with van der Waals surface area (Å²) >= 11 is 0. The molecule has 1 rings (SSSR count). The van der Waals surface area contributed by atoms with Crippen LogP contribution in [0.15, 0.2) is 18.3 Å². The van der Waals surface area contributed by atoms with Crippen molar-refractivity contribution >= 4 is 11.9 Å². The topological polar surface area (TPSA) is 82.2 Å². The molecule has 1 amide bonds. The fourth-order valence-corrected chi connectivity index (χ4v) is 1.05. The van der Waals surface area contributed by atoms with Crippen molar-refractivity contribution in [3.8, 4) is 0 Å². The highest BCUT2D eigenvalue weighted by Crippen LogP contribution is 1.97. The smallest absolute Gasteiger partial charge is 0.326 e. The second kappa shape index (κ2) is 4.45. The van der Waals surface area contributed by atoms with Crippen LogP contribution in [-0.2, 0) is 4.79 Å². The Morgan fingerprint density at radius 2 is 2.36 bits per heavy atom. The van der Waals surface area contributed by atoms with Crippen molar-refractivity contribution in [3.05, 3.63) is 24.0 Å². The highest BCUT2D eigenvalue weighted by atomic mass is 16.4. The number of carboxylic acids is 1. The highest BCUT2D eigenvalue weighted by molar-refractivity contribution is 5.94. The van der Waals surface area contributed by atoms with Gasteiger partial charge < -0.3 is 15.4 Å². The van der Waals surface area contributed by atoms with Gasteiger partial charge in [0, 0.05) is 6.20 Å². The largest absolute Gasteiger partial charge is 0.480 e. The van der Waals surface area contributed by atoms with Gasteiger partial charge in [0.05, 0.1) is 0 Å². The standard InChI is InChI=1S/C9H12N2O3/c1-2-6(9(13)14)11-8(12)7-4-3-5-10-7/h3-6,10H,2H2,1H3,(H,11,12)(H,13,14). The van der Waals surface area contributed by atoms with E-state index in [0.29, 0.717) is 12.1 Å². The lowest BCUT2D eigenvalue weighted by Gasteiger charge is -2.10. The molecule has 0 aromatic carbocycles. The van der Waals surface area contributed by atoms with Crippen molar-refractivity contribution in [3.63, 3.8) is 0 Å². The summed E-state index contributed by atoms with van der Waals surface area (Å²) in [4.78, 5) is 24.7. The average Bonchev–Trinajstić information content (AvgIpc) is 2.65. The quantitative estimate of drug-likeness (QED) is 0.659. The molecular weight excluding hydrogens is 184 g/mol. The second-order valence-corrected chi connectivity index (χ2v) is 2.86. The van der Waals surface area contributed by atoms with Gasteiger partial charge in [-0.2, -0.15) is 0 Å². The summed E-state index contributed by atoms with van der Waals surface area (Å²) in [5.74, 6) is -1.42. The van der Waals surface area contributed by atoms with E-state index >= 15 is 0 Å². The molecule has 76 valence electrons. The third-order valence-corrected chi connectivity index (χ3v) is 1.85. The predicted octanol–water partition coefficient (Wildman–Crippen LogP) is 0.608. The van der Waals surface area contributed by atoms with E-state index in [1.165, 1.54) is 0 Å². The molecule has 5 nitrogen and oxygen atoms in total. The van der Waals surface area contributed by atoms with E-state index in [-0.39, 0.29) is 0 Å². The van der Waals surface area contributed by atoms with Crippen molar-refractivity contribution in [2.45, 2.75) is 19.4 Å². The van der Waals surface area contributed by atoms with Crippen LogP contribution >= 0.6 is 0 Å². The zero-order chi connectivity index (χ0) is 10.6. The van der Waals surface area contributed by atoms with Gasteiger partial charge in [0.1, 0.15) is 11.7 Å². The third-order valence-electron chi connectivity index (χ3n) is 1.85. The van der Waals surface area contributed by atoms with Gasteiger partial charge in [-0.15, -0.1) is 0 Å². The van der Waals surface area contributed by atoms with Crippen LogP contribution in [0.3, 0.4) is 0 Å². The Hall–Kier alpha value is -1.78. The van der Waals surface area contributed by atoms with E-state index in [2.05, 4.69) is 10.3 Å². The molecular formula is C9H12N2O3. The Bertz CT molecular complexity index is 319. The van der Waals surface area contributed by atoms with Gasteiger partial charge in [0.2, 0.25) is 0 Å². The van der Waals surface area contributed by atoms with Crippen molar-refractivity contribution < 1.29 is 14.7 Å². The molecule has 14 heavy (non-hydrogen) atoms. The second-order valence-electron chi connectivity index (χ2n) is 2.86. The number of hydrogen-bond acceptors (Lipinski definition) is 2. The fraction of sp³-hybridized carbons (Fsp3) is 0.333. The first-order chi connectivity index (χ1) is 6.65. The minimum atomic E-state index is -1.02. The van der Waals surface area contributed by atoms with Crippen LogP contribution in [0.5, 0.6) is 0 Å². The number of aromatic nitrogens is 1. The first kappa shape index (κ1) is 10.3. The Morgan fingerprint density at radius 3 is 2.79 bits per heavy atom. The van der Waals surface area contributed by atoms with Gasteiger partial charge in [-0.1, -0.05) is 6.92 Å². The monoisotopic (exact) mass is 196 g/mol. The zero-order valence-electron chi connectivity index (χ0n) is 7.78. The Kier molecular flexibility index (Phi) is 3.28. The van der Waals surface area contributed by atoms with Gasteiger partial charge >= 0.3 is 5.97 Å². The maximum atomic E-state index is 11.4. The summed E-state index contributed by atoms with van der Waals surface area (Å²) in [5.41, 5.74) is 0.365. The number of aromatic amines is 1. The minimum absolute atomic E-state index is 0.363. The van der Waals surface area contributed by atoms with Crippen molar-refractivity contribution in [1.29, 1.82) is 0 Å². The molecule has 1 aromatic heterocycles. The third kappa shape index (κ3) is 2.35. The zero-order valence-corrected chi connectivity index (χ0v) is 7.78. The van der Waals surface area contributed by atoms with Crippen LogP contribution < -0.4 is 5.32 Å². The summed E-state index contributed by atoms with van der Waals surface area (Å²) in [6.45, 7) is 1.70. The molecule has 0 aliphatic rings. The van der Waals surface area contributed by atoms with E-state index in [4.69, 9.17) is 5.11 Å². The lowest BCUT2D eigenvalue weighted by Crippen LogP contribution is -2.40. The van der Waals surface area contributed by atoms with Crippen LogP contribution in [0.2, 0.25) is 0 Å². The van der Waals surface area contributed by atoms with Gasteiger partial charge in [0.15, 0.2) is 0 Å². The number of rotatable bonds is 4. The van der Waals surface area contributed by atoms with Crippen molar-refractivity contribution in [2.75, 3.05) is 0 Å². The average molecular weight is 196 g/mol. The Labute approximate surface area is 81.1 Å². The lowest BCUT2D eigenvalue weighted by atomic mass is 10.2. The molecule has 0 aliphatic heterocycles. The maximum Gasteiger partial charge on any atom is 0.326 e. The maximum absolute atomic E-state index is 11.4. The summed E-state index contributed by atoms with van der Waals surface area (Å²) < 4.78 is 0. The van der Waals surface area contributed by atoms with Gasteiger partial charge in [-0.25, -0.2) is 4.79 Å².